The highest BCUT2D eigenvalue weighted by Crippen LogP contribution is 2.38. The minimum Gasteiger partial charge on any atom is -0.399 e. The molecule has 1 heterocycles. The summed E-state index contributed by atoms with van der Waals surface area (Å²) in [7, 11) is 0. The Balaban J connectivity index is 0.00000176. The molecule has 0 radical (unpaired) electrons. The smallest absolute Gasteiger partial charge is 0.102 e. The molecule has 0 spiro atoms. The van der Waals surface area contributed by atoms with Gasteiger partial charge in [0, 0.05) is 35.3 Å². The number of hydrogen-bond donors (Lipinski definition) is 2. The normalized spacial score (nSPS) is 18.3. The molecule has 0 saturated carbocycles. The number of amidine groups is 1. The van der Waals surface area contributed by atoms with Crippen LogP contribution in [0.25, 0.3) is 0 Å². The number of hydrogen-bond acceptors (Lipinski definition) is 2. The van der Waals surface area contributed by atoms with E-state index in [1.165, 1.54) is 11.1 Å². The number of halogens is 2. The van der Waals surface area contributed by atoms with Crippen LogP contribution in [0.3, 0.4) is 0 Å². The van der Waals surface area contributed by atoms with Gasteiger partial charge in [-0.25, -0.2) is 0 Å². The molecule has 5 heteroatoms. The molecular weight excluding hydrogens is 317 g/mol. The van der Waals surface area contributed by atoms with E-state index < -0.39 is 0 Å². The topological polar surface area (TPSA) is 50.4 Å². The molecule has 0 bridgehead atoms. The van der Waals surface area contributed by atoms with Gasteiger partial charge in [-0.3, -0.25) is 4.99 Å². The third kappa shape index (κ3) is 3.37. The standard InChI is InChI=1S/C17H18ClN3.ClH/c1-2-20-17-10-14(11-3-6-13(19)7-4-11)15-9-12(18)5-8-16(15)21-17;/h3-9,14H,2,10,19H2,1H3,(H,20,21);1H. The van der Waals surface area contributed by atoms with Crippen LogP contribution >= 0.6 is 24.0 Å². The molecular formula is C17H19Cl2N3. The Kier molecular flexibility index (Phi) is 5.33. The third-order valence-electron chi connectivity index (χ3n) is 3.75. The van der Waals surface area contributed by atoms with Gasteiger partial charge in [0.2, 0.25) is 0 Å². The minimum absolute atomic E-state index is 0. The third-order valence-corrected chi connectivity index (χ3v) is 3.99. The molecule has 1 aliphatic heterocycles. The van der Waals surface area contributed by atoms with E-state index in [2.05, 4.69) is 22.4 Å². The average molecular weight is 336 g/mol. The summed E-state index contributed by atoms with van der Waals surface area (Å²) in [4.78, 5) is 4.55. The molecule has 2 aromatic rings. The Hall–Kier alpha value is -1.71. The second-order valence-corrected chi connectivity index (χ2v) is 5.64. The number of nitrogen functional groups attached to an aromatic ring is 1. The van der Waals surface area contributed by atoms with Gasteiger partial charge in [-0.05, 0) is 48.4 Å². The van der Waals surface area contributed by atoms with Crippen LogP contribution in [-0.2, 0) is 0 Å². The lowest BCUT2D eigenvalue weighted by Crippen LogP contribution is -2.24. The zero-order valence-electron chi connectivity index (χ0n) is 12.3. The summed E-state index contributed by atoms with van der Waals surface area (Å²) in [5, 5.41) is 4.16. The van der Waals surface area contributed by atoms with E-state index in [1.54, 1.807) is 0 Å². The number of rotatable bonds is 2. The summed E-state index contributed by atoms with van der Waals surface area (Å²) < 4.78 is 0. The van der Waals surface area contributed by atoms with Crippen LogP contribution < -0.4 is 11.1 Å². The Morgan fingerprint density at radius 1 is 1.23 bits per heavy atom. The van der Waals surface area contributed by atoms with Gasteiger partial charge in [-0.15, -0.1) is 12.4 Å². The monoisotopic (exact) mass is 335 g/mol. The fourth-order valence-corrected chi connectivity index (χ4v) is 2.95. The number of fused-ring (bicyclic) bond motifs is 1. The van der Waals surface area contributed by atoms with Crippen molar-refractivity contribution in [1.82, 2.24) is 0 Å². The maximum absolute atomic E-state index is 6.17. The molecule has 0 aromatic heterocycles. The molecule has 0 saturated heterocycles. The molecule has 3 rings (SSSR count). The Morgan fingerprint density at radius 3 is 2.64 bits per heavy atom. The fraction of sp³-hybridized carbons (Fsp3) is 0.235. The van der Waals surface area contributed by atoms with Gasteiger partial charge in [0.1, 0.15) is 5.84 Å². The van der Waals surface area contributed by atoms with Crippen molar-refractivity contribution < 1.29 is 0 Å². The number of nitrogens with zero attached hydrogens (tertiary/aromatic N) is 1. The molecule has 0 aliphatic carbocycles. The van der Waals surface area contributed by atoms with Crippen LogP contribution in [0.15, 0.2) is 47.5 Å². The Morgan fingerprint density at radius 2 is 1.95 bits per heavy atom. The molecule has 3 N–H and O–H groups in total. The molecule has 22 heavy (non-hydrogen) atoms. The van der Waals surface area contributed by atoms with Crippen molar-refractivity contribution in [2.45, 2.75) is 19.3 Å². The average Bonchev–Trinajstić information content (AvgIpc) is 2.48. The first-order valence-corrected chi connectivity index (χ1v) is 7.50. The fourth-order valence-electron chi connectivity index (χ4n) is 2.77. The largest absolute Gasteiger partial charge is 0.399 e. The van der Waals surface area contributed by atoms with Gasteiger partial charge in [0.05, 0.1) is 0 Å². The van der Waals surface area contributed by atoms with Crippen molar-refractivity contribution in [1.29, 1.82) is 0 Å². The molecule has 3 nitrogen and oxygen atoms in total. The molecule has 1 atom stereocenters. The minimum atomic E-state index is 0. The highest BCUT2D eigenvalue weighted by Gasteiger charge is 2.25. The van der Waals surface area contributed by atoms with E-state index in [4.69, 9.17) is 17.3 Å². The van der Waals surface area contributed by atoms with Crippen molar-refractivity contribution in [2.24, 2.45) is 4.99 Å². The van der Waals surface area contributed by atoms with E-state index in [0.717, 1.165) is 35.2 Å². The Bertz CT molecular complexity index is 681. The summed E-state index contributed by atoms with van der Waals surface area (Å²) in [6, 6.07) is 14.0. The zero-order valence-corrected chi connectivity index (χ0v) is 13.9. The first-order valence-electron chi connectivity index (χ1n) is 7.12. The van der Waals surface area contributed by atoms with Crippen LogP contribution in [0.4, 0.5) is 11.4 Å². The van der Waals surface area contributed by atoms with Gasteiger partial charge in [0.15, 0.2) is 0 Å². The molecule has 1 aliphatic rings. The van der Waals surface area contributed by atoms with E-state index in [0.29, 0.717) is 0 Å². The summed E-state index contributed by atoms with van der Waals surface area (Å²) in [5.74, 6) is 1.28. The van der Waals surface area contributed by atoms with Gasteiger partial charge >= 0.3 is 0 Å². The summed E-state index contributed by atoms with van der Waals surface area (Å²) in [5.41, 5.74) is 10.1. The van der Waals surface area contributed by atoms with E-state index in [1.807, 2.05) is 37.3 Å². The number of aliphatic imine (C=N–C) groups is 1. The maximum Gasteiger partial charge on any atom is 0.102 e. The van der Waals surface area contributed by atoms with Gasteiger partial charge in [-0.1, -0.05) is 23.7 Å². The van der Waals surface area contributed by atoms with Crippen molar-refractivity contribution in [3.8, 4) is 0 Å². The number of nitrogens with two attached hydrogens (primary N) is 1. The maximum atomic E-state index is 6.17. The molecule has 0 fully saturated rings. The van der Waals surface area contributed by atoms with E-state index in [9.17, 15) is 0 Å². The predicted octanol–water partition coefficient (Wildman–Crippen LogP) is 4.71. The van der Waals surface area contributed by atoms with Gasteiger partial charge in [-0.2, -0.15) is 0 Å². The van der Waals surface area contributed by atoms with Crippen LogP contribution in [-0.4, -0.2) is 12.4 Å². The zero-order chi connectivity index (χ0) is 14.8. The molecule has 0 amide bonds. The molecule has 116 valence electrons. The lowest BCUT2D eigenvalue weighted by molar-refractivity contribution is 0.835. The van der Waals surface area contributed by atoms with Crippen molar-refractivity contribution in [2.75, 3.05) is 17.6 Å². The lowest BCUT2D eigenvalue weighted by atomic mass is 9.84. The van der Waals surface area contributed by atoms with E-state index >= 15 is 0 Å². The van der Waals surface area contributed by atoms with Crippen LogP contribution in [0.2, 0.25) is 5.02 Å². The van der Waals surface area contributed by atoms with Crippen LogP contribution in [0, 0.1) is 0 Å². The van der Waals surface area contributed by atoms with Gasteiger partial charge < -0.3 is 11.1 Å². The lowest BCUT2D eigenvalue weighted by Gasteiger charge is -2.28. The SMILES string of the molecule is CCN=C1CC(c2ccc(N)cc2)c2cc(Cl)ccc2N1.Cl. The second-order valence-electron chi connectivity index (χ2n) is 5.20. The van der Waals surface area contributed by atoms with Crippen LogP contribution in [0.1, 0.15) is 30.4 Å². The quantitative estimate of drug-likeness (QED) is 0.781. The molecule has 1 unspecified atom stereocenters. The van der Waals surface area contributed by atoms with Gasteiger partial charge in [0.25, 0.3) is 0 Å². The Labute approximate surface area is 142 Å². The highest BCUT2D eigenvalue weighted by molar-refractivity contribution is 6.30. The predicted molar refractivity (Wildman–Crippen MR) is 97.6 cm³/mol. The van der Waals surface area contributed by atoms with Crippen molar-refractivity contribution >= 4 is 41.2 Å². The van der Waals surface area contributed by atoms with Crippen molar-refractivity contribution in [3.63, 3.8) is 0 Å². The molecule has 2 aromatic carbocycles. The summed E-state index contributed by atoms with van der Waals surface area (Å²) in [6.07, 6.45) is 0.852. The second kappa shape index (κ2) is 7.03. The highest BCUT2D eigenvalue weighted by atomic mass is 35.5. The first kappa shape index (κ1) is 16.7. The number of anilines is 2. The first-order chi connectivity index (χ1) is 10.2. The summed E-state index contributed by atoms with van der Waals surface area (Å²) >= 11 is 6.17. The number of nitrogens with one attached hydrogen (secondary N) is 1. The number of benzene rings is 2. The van der Waals surface area contributed by atoms with E-state index in [-0.39, 0.29) is 18.3 Å². The van der Waals surface area contributed by atoms with Crippen molar-refractivity contribution in [3.05, 3.63) is 58.6 Å². The summed E-state index contributed by atoms with van der Waals surface area (Å²) in [6.45, 7) is 2.82. The van der Waals surface area contributed by atoms with Crippen LogP contribution in [0.5, 0.6) is 0 Å².